The lowest BCUT2D eigenvalue weighted by Gasteiger charge is -2.26. The molecule has 0 radical (unpaired) electrons. The van der Waals surface area contributed by atoms with Crippen LogP contribution in [0.1, 0.15) is 31.4 Å². The van der Waals surface area contributed by atoms with Gasteiger partial charge in [-0.1, -0.05) is 13.0 Å². The van der Waals surface area contributed by atoms with Gasteiger partial charge in [-0.2, -0.15) is 0 Å². The van der Waals surface area contributed by atoms with Crippen LogP contribution >= 0.6 is 0 Å². The zero-order valence-electron chi connectivity index (χ0n) is 12.6. The van der Waals surface area contributed by atoms with E-state index < -0.39 is 11.9 Å². The largest absolute Gasteiger partial charge is 0.496 e. The van der Waals surface area contributed by atoms with Crippen LogP contribution in [0.2, 0.25) is 0 Å². The van der Waals surface area contributed by atoms with Crippen molar-refractivity contribution in [3.05, 3.63) is 29.6 Å². The standard InChI is InChI=1S/C16H24FNO3/c1-11-6-8-18(13(11)10-19)9-7-14(20)16-12(17)4-3-5-15(16)21-2/h3-5,11,13-14,19-20H,6-10H2,1-2H3. The summed E-state index contributed by atoms with van der Waals surface area (Å²) in [6, 6.07) is 4.68. The summed E-state index contributed by atoms with van der Waals surface area (Å²) in [5.74, 6) is 0.376. The molecule has 1 aromatic carbocycles. The number of halogens is 1. The lowest BCUT2D eigenvalue weighted by Crippen LogP contribution is -2.36. The van der Waals surface area contributed by atoms with Crippen LogP contribution in [0.5, 0.6) is 5.75 Å². The molecule has 1 heterocycles. The highest BCUT2D eigenvalue weighted by Crippen LogP contribution is 2.31. The maximum Gasteiger partial charge on any atom is 0.132 e. The molecule has 3 atom stereocenters. The van der Waals surface area contributed by atoms with Crippen molar-refractivity contribution >= 4 is 0 Å². The molecular formula is C16H24FNO3. The molecule has 118 valence electrons. The van der Waals surface area contributed by atoms with E-state index in [-0.39, 0.29) is 18.2 Å². The molecule has 0 aliphatic carbocycles. The predicted octanol–water partition coefficient (Wildman–Crippen LogP) is 1.96. The second-order valence-corrected chi connectivity index (χ2v) is 5.71. The molecular weight excluding hydrogens is 273 g/mol. The normalized spacial score (nSPS) is 24.2. The van der Waals surface area contributed by atoms with Gasteiger partial charge in [-0.25, -0.2) is 4.39 Å². The molecule has 0 aromatic heterocycles. The van der Waals surface area contributed by atoms with E-state index in [0.29, 0.717) is 24.6 Å². The van der Waals surface area contributed by atoms with Gasteiger partial charge < -0.3 is 14.9 Å². The molecule has 2 rings (SSSR count). The van der Waals surface area contributed by atoms with Crippen LogP contribution in [0.3, 0.4) is 0 Å². The number of methoxy groups -OCH3 is 1. The third-order valence-corrected chi connectivity index (χ3v) is 4.44. The molecule has 1 saturated heterocycles. The number of ether oxygens (including phenoxy) is 1. The minimum Gasteiger partial charge on any atom is -0.496 e. The van der Waals surface area contributed by atoms with Crippen LogP contribution in [0.15, 0.2) is 18.2 Å². The summed E-state index contributed by atoms with van der Waals surface area (Å²) >= 11 is 0. The maximum atomic E-state index is 13.9. The minimum atomic E-state index is -0.906. The molecule has 0 spiro atoms. The Hall–Kier alpha value is -1.17. The van der Waals surface area contributed by atoms with Gasteiger partial charge in [0.2, 0.25) is 0 Å². The Labute approximate surface area is 125 Å². The lowest BCUT2D eigenvalue weighted by molar-refractivity contribution is 0.104. The van der Waals surface area contributed by atoms with Crippen molar-refractivity contribution in [1.29, 1.82) is 0 Å². The quantitative estimate of drug-likeness (QED) is 0.843. The predicted molar refractivity (Wildman–Crippen MR) is 78.8 cm³/mol. The van der Waals surface area contributed by atoms with Crippen LogP contribution in [-0.4, -0.2) is 48.0 Å². The van der Waals surface area contributed by atoms with E-state index in [1.165, 1.54) is 13.2 Å². The zero-order chi connectivity index (χ0) is 15.4. The minimum absolute atomic E-state index is 0.125. The number of hydrogen-bond donors (Lipinski definition) is 2. The van der Waals surface area contributed by atoms with Gasteiger partial charge in [0.15, 0.2) is 0 Å². The molecule has 3 unspecified atom stereocenters. The second kappa shape index (κ2) is 7.20. The van der Waals surface area contributed by atoms with E-state index in [4.69, 9.17) is 4.74 Å². The van der Waals surface area contributed by atoms with Crippen molar-refractivity contribution in [2.75, 3.05) is 26.8 Å². The molecule has 2 N–H and O–H groups in total. The van der Waals surface area contributed by atoms with Crippen LogP contribution in [0, 0.1) is 11.7 Å². The molecule has 1 aliphatic heterocycles. The van der Waals surface area contributed by atoms with Crippen molar-refractivity contribution in [3.8, 4) is 5.75 Å². The van der Waals surface area contributed by atoms with E-state index in [1.54, 1.807) is 12.1 Å². The SMILES string of the molecule is COc1cccc(F)c1C(O)CCN1CCC(C)C1CO. The van der Waals surface area contributed by atoms with Gasteiger partial charge in [0.05, 0.1) is 25.4 Å². The summed E-state index contributed by atoms with van der Waals surface area (Å²) in [4.78, 5) is 2.17. The van der Waals surface area contributed by atoms with E-state index in [0.717, 1.165) is 13.0 Å². The molecule has 1 aromatic rings. The van der Waals surface area contributed by atoms with Crippen LogP contribution < -0.4 is 4.74 Å². The Balaban J connectivity index is 2.01. The summed E-state index contributed by atoms with van der Waals surface area (Å²) in [6.45, 7) is 3.79. The third kappa shape index (κ3) is 3.54. The highest BCUT2D eigenvalue weighted by atomic mass is 19.1. The fraction of sp³-hybridized carbons (Fsp3) is 0.625. The molecule has 1 fully saturated rings. The average molecular weight is 297 g/mol. The maximum absolute atomic E-state index is 13.9. The van der Waals surface area contributed by atoms with Gasteiger partial charge in [0.1, 0.15) is 11.6 Å². The average Bonchev–Trinajstić information content (AvgIpc) is 2.84. The molecule has 21 heavy (non-hydrogen) atoms. The summed E-state index contributed by atoms with van der Waals surface area (Å²) in [7, 11) is 1.47. The molecule has 0 amide bonds. The van der Waals surface area contributed by atoms with Crippen LogP contribution in [0.4, 0.5) is 4.39 Å². The van der Waals surface area contributed by atoms with E-state index in [2.05, 4.69) is 11.8 Å². The van der Waals surface area contributed by atoms with Crippen molar-refractivity contribution < 1.29 is 19.3 Å². The highest BCUT2D eigenvalue weighted by molar-refractivity contribution is 5.36. The fourth-order valence-corrected chi connectivity index (χ4v) is 3.11. The number of hydrogen-bond acceptors (Lipinski definition) is 4. The van der Waals surface area contributed by atoms with Gasteiger partial charge in [0.25, 0.3) is 0 Å². The zero-order valence-corrected chi connectivity index (χ0v) is 12.6. The van der Waals surface area contributed by atoms with Gasteiger partial charge in [0, 0.05) is 12.6 Å². The summed E-state index contributed by atoms with van der Waals surface area (Å²) in [5.41, 5.74) is 0.216. The highest BCUT2D eigenvalue weighted by Gasteiger charge is 2.30. The van der Waals surface area contributed by atoms with Gasteiger partial charge in [-0.05, 0) is 37.4 Å². The Morgan fingerprint density at radius 1 is 1.48 bits per heavy atom. The number of benzene rings is 1. The Bertz CT molecular complexity index is 469. The van der Waals surface area contributed by atoms with E-state index in [1.807, 2.05) is 0 Å². The topological polar surface area (TPSA) is 52.9 Å². The molecule has 1 aliphatic rings. The molecule has 0 saturated carbocycles. The third-order valence-electron chi connectivity index (χ3n) is 4.44. The van der Waals surface area contributed by atoms with Gasteiger partial charge >= 0.3 is 0 Å². The van der Waals surface area contributed by atoms with Crippen molar-refractivity contribution in [1.82, 2.24) is 4.90 Å². The molecule has 4 nitrogen and oxygen atoms in total. The molecule has 0 bridgehead atoms. The van der Waals surface area contributed by atoms with Crippen molar-refractivity contribution in [2.24, 2.45) is 5.92 Å². The first-order valence-electron chi connectivity index (χ1n) is 7.43. The number of aliphatic hydroxyl groups is 2. The monoisotopic (exact) mass is 297 g/mol. The van der Waals surface area contributed by atoms with E-state index >= 15 is 0 Å². The van der Waals surface area contributed by atoms with Crippen molar-refractivity contribution in [3.63, 3.8) is 0 Å². The Morgan fingerprint density at radius 2 is 2.24 bits per heavy atom. The first-order chi connectivity index (χ1) is 10.1. The lowest BCUT2D eigenvalue weighted by atomic mass is 10.0. The first-order valence-corrected chi connectivity index (χ1v) is 7.43. The van der Waals surface area contributed by atoms with Crippen molar-refractivity contribution in [2.45, 2.75) is 31.9 Å². The van der Waals surface area contributed by atoms with Gasteiger partial charge in [-0.3, -0.25) is 4.90 Å². The fourth-order valence-electron chi connectivity index (χ4n) is 3.11. The number of aliphatic hydroxyl groups excluding tert-OH is 2. The number of likely N-dealkylation sites (tertiary alicyclic amines) is 1. The van der Waals surface area contributed by atoms with Gasteiger partial charge in [-0.15, -0.1) is 0 Å². The number of nitrogens with zero attached hydrogens (tertiary/aromatic N) is 1. The van der Waals surface area contributed by atoms with E-state index in [9.17, 15) is 14.6 Å². The first kappa shape index (κ1) is 16.2. The van der Waals surface area contributed by atoms with Crippen LogP contribution in [-0.2, 0) is 0 Å². The summed E-state index contributed by atoms with van der Waals surface area (Å²) in [6.07, 6.45) is 0.557. The second-order valence-electron chi connectivity index (χ2n) is 5.71. The Morgan fingerprint density at radius 3 is 2.90 bits per heavy atom. The smallest absolute Gasteiger partial charge is 0.132 e. The van der Waals surface area contributed by atoms with Crippen LogP contribution in [0.25, 0.3) is 0 Å². The summed E-state index contributed by atoms with van der Waals surface area (Å²) in [5, 5.41) is 19.7. The number of rotatable bonds is 6. The summed E-state index contributed by atoms with van der Waals surface area (Å²) < 4.78 is 19.0. The Kier molecular flexibility index (Phi) is 5.56. The molecule has 5 heteroatoms.